The number of hydrogen-bond acceptors (Lipinski definition) is 3. The summed E-state index contributed by atoms with van der Waals surface area (Å²) >= 11 is 0. The topological polar surface area (TPSA) is 59.6 Å². The van der Waals surface area contributed by atoms with Gasteiger partial charge in [0.05, 0.1) is 6.04 Å². The minimum atomic E-state index is -0.928. The van der Waals surface area contributed by atoms with Crippen LogP contribution in [0, 0.1) is 0 Å². The Bertz CT molecular complexity index is 976. The van der Waals surface area contributed by atoms with E-state index >= 15 is 0 Å². The van der Waals surface area contributed by atoms with Crippen LogP contribution in [0.5, 0.6) is 0 Å². The van der Waals surface area contributed by atoms with E-state index in [1.807, 2.05) is 65.6 Å². The summed E-state index contributed by atoms with van der Waals surface area (Å²) in [4.78, 5) is 20.8. The van der Waals surface area contributed by atoms with Crippen molar-refractivity contribution in [1.29, 1.82) is 0 Å². The molecule has 0 saturated carbocycles. The Morgan fingerprint density at radius 2 is 1.72 bits per heavy atom. The highest BCUT2D eigenvalue weighted by Gasteiger charge is 2.47. The molecule has 2 saturated heterocycles. The molecule has 1 aromatic heterocycles. The van der Waals surface area contributed by atoms with E-state index in [9.17, 15) is 9.90 Å². The molecule has 5 rings (SSSR count). The number of hydrogen-bond donors (Lipinski definition) is 2. The number of carbonyl (C=O) groups is 1. The lowest BCUT2D eigenvalue weighted by Gasteiger charge is -2.48. The fourth-order valence-corrected chi connectivity index (χ4v) is 5.00. The standard InChI is InChI=1S/C24H27N3O2/c28-23(21-16-18-8-4-5-11-20(18)25-21)27-15-12-24(29,19-9-2-1-3-10-19)22(17-27)26-13-6-7-14-26/h1-5,8-11,16,22,25,29H,6-7,12-15,17H2/t22-,24+/m1/s1. The lowest BCUT2D eigenvalue weighted by atomic mass is 9.79. The Hall–Kier alpha value is -2.63. The monoisotopic (exact) mass is 389 g/mol. The van der Waals surface area contributed by atoms with Gasteiger partial charge < -0.3 is 15.0 Å². The van der Waals surface area contributed by atoms with Crippen molar-refractivity contribution in [2.24, 2.45) is 0 Å². The lowest BCUT2D eigenvalue weighted by Crippen LogP contribution is -2.61. The van der Waals surface area contributed by atoms with Crippen LogP contribution in [0.4, 0.5) is 0 Å². The molecule has 0 bridgehead atoms. The van der Waals surface area contributed by atoms with Crippen LogP contribution in [0.25, 0.3) is 10.9 Å². The number of amides is 1. The zero-order valence-corrected chi connectivity index (χ0v) is 16.6. The number of nitrogens with one attached hydrogen (secondary N) is 1. The van der Waals surface area contributed by atoms with Crippen LogP contribution >= 0.6 is 0 Å². The first-order chi connectivity index (χ1) is 14.1. The molecule has 29 heavy (non-hydrogen) atoms. The molecular formula is C24H27N3O2. The largest absolute Gasteiger partial charge is 0.383 e. The van der Waals surface area contributed by atoms with Crippen molar-refractivity contribution in [2.45, 2.75) is 30.9 Å². The van der Waals surface area contributed by atoms with Crippen LogP contribution in [-0.4, -0.2) is 58.0 Å². The Morgan fingerprint density at radius 1 is 1.00 bits per heavy atom. The van der Waals surface area contributed by atoms with Gasteiger partial charge in [0.15, 0.2) is 0 Å². The maximum atomic E-state index is 13.3. The Balaban J connectivity index is 1.44. The molecule has 2 aromatic carbocycles. The number of nitrogens with zero attached hydrogens (tertiary/aromatic N) is 2. The predicted octanol–water partition coefficient (Wildman–Crippen LogP) is 3.37. The van der Waals surface area contributed by atoms with E-state index in [1.165, 1.54) is 0 Å². The molecular weight excluding hydrogens is 362 g/mol. The Labute approximate surface area is 170 Å². The van der Waals surface area contributed by atoms with Crippen molar-refractivity contribution in [1.82, 2.24) is 14.8 Å². The maximum absolute atomic E-state index is 13.3. The van der Waals surface area contributed by atoms with Gasteiger partial charge in [0.25, 0.3) is 5.91 Å². The number of aromatic nitrogens is 1. The average Bonchev–Trinajstić information content (AvgIpc) is 3.44. The molecule has 2 N–H and O–H groups in total. The predicted molar refractivity (Wildman–Crippen MR) is 114 cm³/mol. The molecule has 150 valence electrons. The number of carbonyl (C=O) groups excluding carboxylic acids is 1. The van der Waals surface area contributed by atoms with E-state index in [1.54, 1.807) is 0 Å². The zero-order valence-electron chi connectivity index (χ0n) is 16.6. The summed E-state index contributed by atoms with van der Waals surface area (Å²) in [6, 6.07) is 19.8. The van der Waals surface area contributed by atoms with Crippen molar-refractivity contribution in [3.05, 3.63) is 71.9 Å². The summed E-state index contributed by atoms with van der Waals surface area (Å²) in [5.74, 6) is 0.0144. The zero-order chi connectivity index (χ0) is 19.8. The third-order valence-corrected chi connectivity index (χ3v) is 6.61. The lowest BCUT2D eigenvalue weighted by molar-refractivity contribution is -0.0878. The molecule has 0 unspecified atom stereocenters. The summed E-state index contributed by atoms with van der Waals surface area (Å²) in [7, 11) is 0. The van der Waals surface area contributed by atoms with E-state index in [0.29, 0.717) is 25.2 Å². The molecule has 0 radical (unpaired) electrons. The number of piperidine rings is 1. The van der Waals surface area contributed by atoms with Crippen LogP contribution in [0.1, 0.15) is 35.3 Å². The summed E-state index contributed by atoms with van der Waals surface area (Å²) < 4.78 is 0. The molecule has 0 aliphatic carbocycles. The summed E-state index contributed by atoms with van der Waals surface area (Å²) in [5.41, 5.74) is 1.62. The average molecular weight is 389 g/mol. The van der Waals surface area contributed by atoms with Crippen LogP contribution in [0.3, 0.4) is 0 Å². The number of benzene rings is 2. The highest BCUT2D eigenvalue weighted by atomic mass is 16.3. The van der Waals surface area contributed by atoms with Gasteiger partial charge in [-0.15, -0.1) is 0 Å². The van der Waals surface area contributed by atoms with Gasteiger partial charge >= 0.3 is 0 Å². The second-order valence-electron chi connectivity index (χ2n) is 8.32. The molecule has 5 nitrogen and oxygen atoms in total. The first-order valence-corrected chi connectivity index (χ1v) is 10.5. The van der Waals surface area contributed by atoms with Crippen LogP contribution in [-0.2, 0) is 5.60 Å². The number of rotatable bonds is 3. The molecule has 0 spiro atoms. The van der Waals surface area contributed by atoms with Crippen molar-refractivity contribution < 1.29 is 9.90 Å². The maximum Gasteiger partial charge on any atom is 0.270 e. The van der Waals surface area contributed by atoms with Crippen LogP contribution in [0.15, 0.2) is 60.7 Å². The highest BCUT2D eigenvalue weighted by molar-refractivity contribution is 5.98. The molecule has 5 heteroatoms. The number of aliphatic hydroxyl groups is 1. The second-order valence-corrected chi connectivity index (χ2v) is 8.32. The van der Waals surface area contributed by atoms with Gasteiger partial charge in [-0.25, -0.2) is 0 Å². The normalized spacial score (nSPS) is 25.6. The Kier molecular flexibility index (Phi) is 4.64. The number of fused-ring (bicyclic) bond motifs is 1. The Morgan fingerprint density at radius 3 is 2.48 bits per heavy atom. The van der Waals surface area contributed by atoms with Crippen molar-refractivity contribution in [3.63, 3.8) is 0 Å². The van der Waals surface area contributed by atoms with E-state index < -0.39 is 5.60 Å². The molecule has 1 amide bonds. The quantitative estimate of drug-likeness (QED) is 0.722. The molecule has 3 aromatic rings. The van der Waals surface area contributed by atoms with Crippen LogP contribution in [0.2, 0.25) is 0 Å². The fraction of sp³-hybridized carbons (Fsp3) is 0.375. The van der Waals surface area contributed by atoms with Crippen molar-refractivity contribution >= 4 is 16.8 Å². The third-order valence-electron chi connectivity index (χ3n) is 6.61. The van der Waals surface area contributed by atoms with Gasteiger partial charge in [-0.1, -0.05) is 48.5 Å². The van der Waals surface area contributed by atoms with Gasteiger partial charge in [-0.2, -0.15) is 0 Å². The summed E-state index contributed by atoms with van der Waals surface area (Å²) in [5, 5.41) is 12.8. The minimum absolute atomic E-state index is 0.0144. The van der Waals surface area contributed by atoms with Gasteiger partial charge in [0.1, 0.15) is 11.3 Å². The minimum Gasteiger partial charge on any atom is -0.383 e. The van der Waals surface area contributed by atoms with Gasteiger partial charge in [0.2, 0.25) is 0 Å². The van der Waals surface area contributed by atoms with Gasteiger partial charge in [-0.3, -0.25) is 9.69 Å². The number of H-pyrrole nitrogens is 1. The van der Waals surface area contributed by atoms with E-state index in [-0.39, 0.29) is 11.9 Å². The van der Waals surface area contributed by atoms with Gasteiger partial charge in [0, 0.05) is 24.0 Å². The molecule has 2 aliphatic rings. The van der Waals surface area contributed by atoms with E-state index in [2.05, 4.69) is 9.88 Å². The van der Waals surface area contributed by atoms with Crippen LogP contribution < -0.4 is 0 Å². The SMILES string of the molecule is O=C(c1cc2ccccc2[nH]1)N1CC[C@](O)(c2ccccc2)[C@H](N2CCCC2)C1. The third kappa shape index (κ3) is 3.24. The summed E-state index contributed by atoms with van der Waals surface area (Å²) in [6.45, 7) is 3.05. The number of likely N-dealkylation sites (tertiary alicyclic amines) is 2. The molecule has 2 fully saturated rings. The van der Waals surface area contributed by atoms with Crippen molar-refractivity contribution in [2.75, 3.05) is 26.2 Å². The first-order valence-electron chi connectivity index (χ1n) is 10.5. The smallest absolute Gasteiger partial charge is 0.270 e. The highest BCUT2D eigenvalue weighted by Crippen LogP contribution is 2.37. The van der Waals surface area contributed by atoms with E-state index in [0.717, 1.165) is 42.4 Å². The van der Waals surface area contributed by atoms with Crippen molar-refractivity contribution in [3.8, 4) is 0 Å². The van der Waals surface area contributed by atoms with Gasteiger partial charge in [-0.05, 0) is 50.0 Å². The van der Waals surface area contributed by atoms with E-state index in [4.69, 9.17) is 0 Å². The number of para-hydroxylation sites is 1. The second kappa shape index (κ2) is 7.32. The first kappa shape index (κ1) is 18.4. The molecule has 3 heterocycles. The summed E-state index contributed by atoms with van der Waals surface area (Å²) in [6.07, 6.45) is 2.85. The fourth-order valence-electron chi connectivity index (χ4n) is 5.00. The number of aromatic amines is 1. The molecule has 2 aliphatic heterocycles. The molecule has 2 atom stereocenters.